The lowest BCUT2D eigenvalue weighted by molar-refractivity contribution is 0.343. The highest BCUT2D eigenvalue weighted by Gasteiger charge is 2.17. The van der Waals surface area contributed by atoms with Crippen molar-refractivity contribution in [2.24, 2.45) is 5.73 Å². The van der Waals surface area contributed by atoms with E-state index in [2.05, 4.69) is 26.3 Å². The van der Waals surface area contributed by atoms with Gasteiger partial charge in [-0.3, -0.25) is 9.67 Å². The quantitative estimate of drug-likeness (QED) is 0.293. The van der Waals surface area contributed by atoms with Gasteiger partial charge in [-0.2, -0.15) is 5.10 Å². The van der Waals surface area contributed by atoms with Crippen molar-refractivity contribution >= 4 is 22.6 Å². The third kappa shape index (κ3) is 5.72. The van der Waals surface area contributed by atoms with Crippen LogP contribution < -0.4 is 15.8 Å². The van der Waals surface area contributed by atoms with Crippen LogP contribution in [0.15, 0.2) is 73.3 Å². The van der Waals surface area contributed by atoms with Crippen molar-refractivity contribution in [2.45, 2.75) is 18.9 Å². The molecule has 4 aromatic rings. The zero-order chi connectivity index (χ0) is 26.6. The summed E-state index contributed by atoms with van der Waals surface area (Å²) in [5, 5.41) is 7.94. The average Bonchev–Trinajstić information content (AvgIpc) is 3.40. The first-order valence-electron chi connectivity index (χ1n) is 12.3. The molecule has 10 heteroatoms. The van der Waals surface area contributed by atoms with Gasteiger partial charge in [-0.25, -0.2) is 13.5 Å². The van der Waals surface area contributed by atoms with Gasteiger partial charge in [0.2, 0.25) is 0 Å². The summed E-state index contributed by atoms with van der Waals surface area (Å²) >= 11 is -1.36. The Hall–Kier alpha value is -3.73. The maximum atomic E-state index is 14.6. The number of nitrogens with two attached hydrogens (primary N) is 1. The van der Waals surface area contributed by atoms with Crippen LogP contribution in [0.4, 0.5) is 14.5 Å². The van der Waals surface area contributed by atoms with Crippen LogP contribution in [0, 0.1) is 11.6 Å². The van der Waals surface area contributed by atoms with Crippen molar-refractivity contribution in [1.29, 1.82) is 0 Å². The van der Waals surface area contributed by atoms with E-state index in [0.29, 0.717) is 34.1 Å². The van der Waals surface area contributed by atoms with E-state index in [1.165, 1.54) is 24.6 Å². The topological polar surface area (TPSA) is 104 Å². The van der Waals surface area contributed by atoms with Gasteiger partial charge in [0.1, 0.15) is 17.9 Å². The number of aromatic nitrogens is 3. The highest BCUT2D eigenvalue weighted by atomic mass is 32.2. The molecule has 4 N–H and O–H groups in total. The first-order chi connectivity index (χ1) is 18.4. The van der Waals surface area contributed by atoms with E-state index >= 15 is 0 Å². The predicted octanol–water partition coefficient (Wildman–Crippen LogP) is 4.87. The van der Waals surface area contributed by atoms with Gasteiger partial charge in [0.15, 0.2) is 0 Å². The summed E-state index contributed by atoms with van der Waals surface area (Å²) in [7, 11) is 0. The molecule has 2 aromatic heterocycles. The molecule has 2 aromatic carbocycles. The molecule has 0 spiro atoms. The largest absolute Gasteiger partial charge is 0.593 e. The van der Waals surface area contributed by atoms with Crippen molar-refractivity contribution in [3.05, 3.63) is 96.2 Å². The number of benzene rings is 2. The summed E-state index contributed by atoms with van der Waals surface area (Å²) < 4.78 is 44.9. The lowest BCUT2D eigenvalue weighted by Crippen LogP contribution is -2.29. The molecule has 1 unspecified atom stereocenters. The van der Waals surface area contributed by atoms with Crippen LogP contribution >= 0.6 is 0 Å². The fraction of sp³-hybridized carbons (Fsp3) is 0.214. The van der Waals surface area contributed by atoms with Crippen molar-refractivity contribution in [1.82, 2.24) is 20.1 Å². The number of nitrogens with one attached hydrogen (secondary N) is 2. The third-order valence-corrected chi connectivity index (χ3v) is 7.09. The van der Waals surface area contributed by atoms with E-state index in [-0.39, 0.29) is 5.56 Å². The lowest BCUT2D eigenvalue weighted by Gasteiger charge is -2.22. The van der Waals surface area contributed by atoms with E-state index in [1.54, 1.807) is 24.4 Å². The maximum Gasteiger partial charge on any atom is 0.133 e. The number of halogens is 2. The van der Waals surface area contributed by atoms with Crippen molar-refractivity contribution in [2.75, 3.05) is 24.1 Å². The molecular formula is C28H28F2N6OS. The van der Waals surface area contributed by atoms with E-state index in [1.807, 2.05) is 23.0 Å². The highest BCUT2D eigenvalue weighted by molar-refractivity contribution is 7.92. The van der Waals surface area contributed by atoms with Gasteiger partial charge in [-0.1, -0.05) is 6.07 Å². The molecule has 3 heterocycles. The number of hydrogen-bond donors (Lipinski definition) is 3. The van der Waals surface area contributed by atoms with E-state index in [0.717, 1.165) is 43.1 Å². The predicted molar refractivity (Wildman–Crippen MR) is 147 cm³/mol. The number of piperidine rings is 1. The Morgan fingerprint density at radius 2 is 1.89 bits per heavy atom. The summed E-state index contributed by atoms with van der Waals surface area (Å²) in [4.78, 5) is 4.65. The van der Waals surface area contributed by atoms with Gasteiger partial charge in [0, 0.05) is 46.9 Å². The molecule has 1 aliphatic heterocycles. The Morgan fingerprint density at radius 3 is 2.58 bits per heavy atom. The minimum absolute atomic E-state index is 0.212. The molecule has 1 saturated heterocycles. The molecule has 1 fully saturated rings. The molecule has 7 nitrogen and oxygen atoms in total. The van der Waals surface area contributed by atoms with Crippen LogP contribution in [0.25, 0.3) is 27.8 Å². The monoisotopic (exact) mass is 534 g/mol. The minimum atomic E-state index is -1.36. The summed E-state index contributed by atoms with van der Waals surface area (Å²) in [6.45, 7) is 1.98. The standard InChI is InChI=1S/C28H28F2N6OS/c1-38(37)35-23-11-19(25-4-3-22(29)13-27(25)30)10-20(12-23)26(14-31)28-5-2-18(15-33-28)21-16-34-36(17-21)24-6-8-32-9-7-24/h2-5,10-17,24,32,35H,6-9,31H2,1H3. The third-order valence-electron chi connectivity index (χ3n) is 6.57. The molecule has 0 saturated carbocycles. The smallest absolute Gasteiger partial charge is 0.133 e. The van der Waals surface area contributed by atoms with Crippen LogP contribution in [0.3, 0.4) is 0 Å². The molecule has 38 heavy (non-hydrogen) atoms. The molecule has 0 radical (unpaired) electrons. The molecule has 0 bridgehead atoms. The zero-order valence-electron chi connectivity index (χ0n) is 20.8. The van der Waals surface area contributed by atoms with Crippen LogP contribution in [0.2, 0.25) is 0 Å². The van der Waals surface area contributed by atoms with E-state index in [9.17, 15) is 13.3 Å². The van der Waals surface area contributed by atoms with Crippen LogP contribution in [0.5, 0.6) is 0 Å². The second-order valence-electron chi connectivity index (χ2n) is 9.18. The summed E-state index contributed by atoms with van der Waals surface area (Å²) in [5.74, 6) is -1.36. The van der Waals surface area contributed by atoms with Crippen molar-refractivity contribution < 1.29 is 13.3 Å². The van der Waals surface area contributed by atoms with Gasteiger partial charge < -0.3 is 15.6 Å². The Kier molecular flexibility index (Phi) is 7.73. The van der Waals surface area contributed by atoms with Crippen LogP contribution in [-0.4, -0.2) is 38.7 Å². The first-order valence-corrected chi connectivity index (χ1v) is 13.8. The lowest BCUT2D eigenvalue weighted by atomic mass is 9.96. The van der Waals surface area contributed by atoms with Gasteiger partial charge in [-0.15, -0.1) is 0 Å². The van der Waals surface area contributed by atoms with Crippen LogP contribution in [-0.2, 0) is 11.4 Å². The fourth-order valence-corrected chi connectivity index (χ4v) is 5.15. The molecule has 5 rings (SSSR count). The van der Waals surface area contributed by atoms with Gasteiger partial charge in [0.05, 0.1) is 35.0 Å². The molecular weight excluding hydrogens is 506 g/mol. The second kappa shape index (κ2) is 11.3. The van der Waals surface area contributed by atoms with E-state index in [4.69, 9.17) is 5.73 Å². The molecule has 0 aliphatic carbocycles. The first kappa shape index (κ1) is 25.9. The number of nitrogens with zero attached hydrogens (tertiary/aromatic N) is 3. The zero-order valence-corrected chi connectivity index (χ0v) is 21.6. The van der Waals surface area contributed by atoms with Gasteiger partial charge >= 0.3 is 0 Å². The van der Waals surface area contributed by atoms with E-state index < -0.39 is 23.0 Å². The SMILES string of the molecule is C[S+]([O-])Nc1cc(C(=CN)c2ccc(-c3cnn(C4CCNCC4)c3)cn2)cc(-c2ccc(F)cc2F)c1. The number of rotatable bonds is 7. The Labute approximate surface area is 223 Å². The fourth-order valence-electron chi connectivity index (χ4n) is 4.70. The molecule has 196 valence electrons. The van der Waals surface area contributed by atoms with Crippen molar-refractivity contribution in [3.63, 3.8) is 0 Å². The number of anilines is 1. The number of pyridine rings is 1. The normalized spacial score (nSPS) is 15.4. The second-order valence-corrected chi connectivity index (χ2v) is 10.3. The minimum Gasteiger partial charge on any atom is -0.593 e. The highest BCUT2D eigenvalue weighted by Crippen LogP contribution is 2.33. The summed E-state index contributed by atoms with van der Waals surface area (Å²) in [6.07, 6.45) is 10.7. The van der Waals surface area contributed by atoms with Crippen LogP contribution in [0.1, 0.15) is 30.1 Å². The summed E-state index contributed by atoms with van der Waals surface area (Å²) in [6, 6.07) is 12.8. The molecule has 1 aliphatic rings. The van der Waals surface area contributed by atoms with Crippen molar-refractivity contribution in [3.8, 4) is 22.3 Å². The molecule has 0 amide bonds. The Morgan fingerprint density at radius 1 is 1.08 bits per heavy atom. The molecule has 1 atom stereocenters. The Bertz CT molecular complexity index is 1450. The number of hydrogen-bond acceptors (Lipinski definition) is 6. The maximum absolute atomic E-state index is 14.6. The van der Waals surface area contributed by atoms with Gasteiger partial charge in [0.25, 0.3) is 0 Å². The van der Waals surface area contributed by atoms with Gasteiger partial charge in [-0.05, 0) is 73.5 Å². The average molecular weight is 535 g/mol. The summed E-state index contributed by atoms with van der Waals surface area (Å²) in [5.41, 5.74) is 11.0. The Balaban J connectivity index is 1.46.